The van der Waals surface area contributed by atoms with Crippen molar-refractivity contribution < 1.29 is 4.42 Å². The van der Waals surface area contributed by atoms with Gasteiger partial charge >= 0.3 is 0 Å². The lowest BCUT2D eigenvalue weighted by Crippen LogP contribution is -2.00. The summed E-state index contributed by atoms with van der Waals surface area (Å²) in [7, 11) is 0. The van der Waals surface area contributed by atoms with Crippen molar-refractivity contribution in [3.05, 3.63) is 218 Å². The monoisotopic (exact) mass is 792 g/mol. The highest BCUT2D eigenvalue weighted by Crippen LogP contribution is 2.43. The van der Waals surface area contributed by atoms with E-state index in [1.54, 1.807) is 0 Å². The van der Waals surface area contributed by atoms with Crippen LogP contribution in [-0.4, -0.2) is 19.5 Å². The van der Waals surface area contributed by atoms with Gasteiger partial charge in [-0.2, -0.15) is 0 Å². The minimum Gasteiger partial charge on any atom is -0.456 e. The average molecular weight is 793 g/mol. The second-order valence-electron chi connectivity index (χ2n) is 15.6. The van der Waals surface area contributed by atoms with Crippen molar-refractivity contribution in [1.29, 1.82) is 0 Å². The van der Waals surface area contributed by atoms with Crippen LogP contribution in [0.1, 0.15) is 0 Å². The minimum absolute atomic E-state index is 0.582. The maximum Gasteiger partial charge on any atom is 0.164 e. The topological polar surface area (TPSA) is 56.7 Å². The zero-order valence-corrected chi connectivity index (χ0v) is 33.5. The summed E-state index contributed by atoms with van der Waals surface area (Å²) >= 11 is 0. The zero-order chi connectivity index (χ0) is 41.0. The molecule has 0 atom stereocenters. The second-order valence-corrected chi connectivity index (χ2v) is 15.6. The summed E-state index contributed by atoms with van der Waals surface area (Å²) < 4.78 is 9.13. The van der Waals surface area contributed by atoms with Crippen molar-refractivity contribution in [3.63, 3.8) is 0 Å². The Hall–Kier alpha value is -8.41. The molecule has 3 aromatic heterocycles. The number of hydrogen-bond donors (Lipinski definition) is 0. The van der Waals surface area contributed by atoms with Gasteiger partial charge in [0.1, 0.15) is 11.2 Å². The second kappa shape index (κ2) is 14.7. The lowest BCUT2D eigenvalue weighted by molar-refractivity contribution is 0.669. The van der Waals surface area contributed by atoms with Crippen molar-refractivity contribution in [2.24, 2.45) is 0 Å². The number of fused-ring (bicyclic) bond motifs is 6. The lowest BCUT2D eigenvalue weighted by Gasteiger charge is -2.15. The molecule has 5 nitrogen and oxygen atoms in total. The fourth-order valence-electron chi connectivity index (χ4n) is 8.95. The molecule has 0 saturated carbocycles. The molecule has 0 spiro atoms. The molecule has 9 aromatic carbocycles. The van der Waals surface area contributed by atoms with Crippen LogP contribution in [0, 0.1) is 0 Å². The Balaban J connectivity index is 0.969. The number of hydrogen-bond acceptors (Lipinski definition) is 4. The van der Waals surface area contributed by atoms with Gasteiger partial charge in [0.25, 0.3) is 0 Å². The van der Waals surface area contributed by atoms with Crippen molar-refractivity contribution in [3.8, 4) is 73.2 Å². The van der Waals surface area contributed by atoms with Crippen LogP contribution in [0.2, 0.25) is 0 Å². The number of benzene rings is 9. The van der Waals surface area contributed by atoms with Crippen molar-refractivity contribution in [2.45, 2.75) is 0 Å². The maximum atomic E-state index is 6.73. The Morgan fingerprint density at radius 2 is 0.806 bits per heavy atom. The van der Waals surface area contributed by atoms with Crippen molar-refractivity contribution in [1.82, 2.24) is 19.5 Å². The van der Waals surface area contributed by atoms with E-state index in [0.717, 1.165) is 72.1 Å². The van der Waals surface area contributed by atoms with E-state index < -0.39 is 0 Å². The van der Waals surface area contributed by atoms with Gasteiger partial charge in [-0.3, -0.25) is 0 Å². The molecule has 12 aromatic rings. The molecule has 0 amide bonds. The summed E-state index contributed by atoms with van der Waals surface area (Å²) in [6.45, 7) is 0. The molecular formula is C57H36N4O. The van der Waals surface area contributed by atoms with Gasteiger partial charge in [-0.1, -0.05) is 170 Å². The molecule has 0 aliphatic heterocycles. The van der Waals surface area contributed by atoms with Crippen LogP contribution >= 0.6 is 0 Å². The number of aromatic nitrogens is 4. The number of rotatable bonds is 7. The first-order valence-electron chi connectivity index (χ1n) is 20.8. The van der Waals surface area contributed by atoms with Crippen LogP contribution in [-0.2, 0) is 0 Å². The molecule has 12 rings (SSSR count). The lowest BCUT2D eigenvalue weighted by atomic mass is 9.92. The molecule has 5 heteroatoms. The molecule has 0 radical (unpaired) electrons. The summed E-state index contributed by atoms with van der Waals surface area (Å²) in [5, 5.41) is 4.55. The highest BCUT2D eigenvalue weighted by molar-refractivity contribution is 6.15. The van der Waals surface area contributed by atoms with Crippen LogP contribution < -0.4 is 0 Å². The van der Waals surface area contributed by atoms with Gasteiger partial charge in [-0.05, 0) is 76.3 Å². The summed E-state index contributed by atoms with van der Waals surface area (Å²) in [6, 6.07) is 76.3. The molecule has 62 heavy (non-hydrogen) atoms. The van der Waals surface area contributed by atoms with E-state index in [9.17, 15) is 0 Å². The van der Waals surface area contributed by atoms with Gasteiger partial charge < -0.3 is 8.98 Å². The molecule has 0 unspecified atom stereocenters. The van der Waals surface area contributed by atoms with Crippen molar-refractivity contribution in [2.75, 3.05) is 0 Å². The van der Waals surface area contributed by atoms with Gasteiger partial charge in [0, 0.05) is 49.5 Å². The maximum absolute atomic E-state index is 6.73. The molecule has 0 aliphatic carbocycles. The Morgan fingerprint density at radius 3 is 1.55 bits per heavy atom. The summed E-state index contributed by atoms with van der Waals surface area (Å²) in [5.41, 5.74) is 14.6. The first-order valence-corrected chi connectivity index (χ1v) is 20.8. The largest absolute Gasteiger partial charge is 0.456 e. The van der Waals surface area contributed by atoms with Gasteiger partial charge in [-0.25, -0.2) is 15.0 Å². The number of para-hydroxylation sites is 3. The Morgan fingerprint density at radius 1 is 0.306 bits per heavy atom. The Labute approximate surface area is 357 Å². The van der Waals surface area contributed by atoms with Crippen molar-refractivity contribution >= 4 is 43.7 Å². The van der Waals surface area contributed by atoms with Gasteiger partial charge in [0.05, 0.1) is 11.0 Å². The van der Waals surface area contributed by atoms with Gasteiger partial charge in [0.15, 0.2) is 17.5 Å². The van der Waals surface area contributed by atoms with Crippen LogP contribution in [0.4, 0.5) is 0 Å². The van der Waals surface area contributed by atoms with E-state index in [4.69, 9.17) is 19.4 Å². The molecule has 0 N–H and O–H groups in total. The standard InChI is InChI=1S/C57H36N4O/c1-4-16-37(17-5-1)39-20-14-21-41(34-39)56-58-55(38-18-6-2-7-19-38)59-57(60-56)42-31-33-48-47-32-30-40(35-52(47)62-53(48)36-42)44-24-10-11-25-45(44)49-27-15-28-50-46-26-12-13-29-51(46)61(54(49)50)43-22-8-3-9-23-43/h1-36H. The zero-order valence-electron chi connectivity index (χ0n) is 33.5. The highest BCUT2D eigenvalue weighted by Gasteiger charge is 2.20. The fourth-order valence-corrected chi connectivity index (χ4v) is 8.95. The molecule has 0 bridgehead atoms. The van der Waals surface area contributed by atoms with Gasteiger partial charge in [0.2, 0.25) is 0 Å². The molecule has 0 fully saturated rings. The molecule has 0 saturated heterocycles. The Kier molecular flexibility index (Phi) is 8.42. The van der Waals surface area contributed by atoms with E-state index in [1.165, 1.54) is 27.4 Å². The molecule has 290 valence electrons. The minimum atomic E-state index is 0.582. The Bertz CT molecular complexity index is 3630. The summed E-state index contributed by atoms with van der Waals surface area (Å²) in [6.07, 6.45) is 0. The smallest absolute Gasteiger partial charge is 0.164 e. The van der Waals surface area contributed by atoms with E-state index in [0.29, 0.717) is 17.5 Å². The van der Waals surface area contributed by atoms with Crippen LogP contribution in [0.15, 0.2) is 223 Å². The molecule has 3 heterocycles. The third-order valence-electron chi connectivity index (χ3n) is 11.9. The van der Waals surface area contributed by atoms with Crippen LogP contribution in [0.5, 0.6) is 0 Å². The SMILES string of the molecule is c1ccc(-c2cccc(-c3nc(-c4ccccc4)nc(-c4ccc5c(c4)oc4cc(-c6ccccc6-c6cccc7c8ccccc8n(-c8ccccc8)c67)ccc45)n3)c2)cc1. The summed E-state index contributed by atoms with van der Waals surface area (Å²) in [4.78, 5) is 15.1. The first kappa shape index (κ1) is 35.5. The first-order chi connectivity index (χ1) is 30.7. The van der Waals surface area contributed by atoms with E-state index in [-0.39, 0.29) is 0 Å². The highest BCUT2D eigenvalue weighted by atomic mass is 16.3. The van der Waals surface area contributed by atoms with Crippen LogP contribution in [0.25, 0.3) is 117 Å². The quantitative estimate of drug-likeness (QED) is 0.161. The fraction of sp³-hybridized carbons (Fsp3) is 0. The third-order valence-corrected chi connectivity index (χ3v) is 11.9. The predicted octanol–water partition coefficient (Wildman–Crippen LogP) is 14.9. The molecular weight excluding hydrogens is 757 g/mol. The predicted molar refractivity (Wildman–Crippen MR) is 254 cm³/mol. The van der Waals surface area contributed by atoms with Gasteiger partial charge in [-0.15, -0.1) is 0 Å². The van der Waals surface area contributed by atoms with E-state index >= 15 is 0 Å². The normalized spacial score (nSPS) is 11.5. The third kappa shape index (κ3) is 6.06. The van der Waals surface area contributed by atoms with E-state index in [1.807, 2.05) is 36.4 Å². The number of nitrogens with zero attached hydrogens (tertiary/aromatic N) is 4. The average Bonchev–Trinajstić information content (AvgIpc) is 3.90. The summed E-state index contributed by atoms with van der Waals surface area (Å²) in [5.74, 6) is 1.81. The number of furan rings is 1. The van der Waals surface area contributed by atoms with Crippen LogP contribution in [0.3, 0.4) is 0 Å². The van der Waals surface area contributed by atoms with E-state index in [2.05, 4.69) is 187 Å². The molecule has 0 aliphatic rings.